The molecular formula is C14H19N3O. The first kappa shape index (κ1) is 13.0. The predicted molar refractivity (Wildman–Crippen MR) is 70.1 cm³/mol. The van der Waals surface area contributed by atoms with Crippen LogP contribution in [0.4, 0.5) is 0 Å². The van der Waals surface area contributed by atoms with Crippen molar-refractivity contribution in [1.29, 1.82) is 5.26 Å². The molecule has 0 aromatic heterocycles. The van der Waals surface area contributed by atoms with Crippen LogP contribution in [0.1, 0.15) is 11.1 Å². The molecule has 0 bridgehead atoms. The average molecular weight is 245 g/mol. The molecule has 18 heavy (non-hydrogen) atoms. The van der Waals surface area contributed by atoms with Crippen molar-refractivity contribution in [2.24, 2.45) is 0 Å². The summed E-state index contributed by atoms with van der Waals surface area (Å²) in [6.45, 7) is 6.61. The van der Waals surface area contributed by atoms with Gasteiger partial charge in [0, 0.05) is 32.7 Å². The van der Waals surface area contributed by atoms with Crippen LogP contribution in [-0.2, 0) is 11.3 Å². The van der Waals surface area contributed by atoms with Gasteiger partial charge in [-0.25, -0.2) is 0 Å². The standard InChI is InChI=1S/C14H19N3O/c15-11-13-2-1-3-14(10-13)12-16-4-5-17-6-8-18-9-7-17/h1-3,10,16H,4-9,12H2. The van der Waals surface area contributed by atoms with Crippen LogP contribution in [-0.4, -0.2) is 44.3 Å². The van der Waals surface area contributed by atoms with Crippen LogP contribution < -0.4 is 5.32 Å². The van der Waals surface area contributed by atoms with Crippen LogP contribution in [0.15, 0.2) is 24.3 Å². The zero-order valence-corrected chi connectivity index (χ0v) is 10.6. The fourth-order valence-corrected chi connectivity index (χ4v) is 2.05. The Kier molecular flexibility index (Phi) is 5.15. The summed E-state index contributed by atoms with van der Waals surface area (Å²) in [4.78, 5) is 2.40. The fourth-order valence-electron chi connectivity index (χ4n) is 2.05. The Labute approximate surface area is 108 Å². The van der Waals surface area contributed by atoms with E-state index < -0.39 is 0 Å². The molecule has 1 heterocycles. The largest absolute Gasteiger partial charge is 0.379 e. The highest BCUT2D eigenvalue weighted by Crippen LogP contribution is 2.03. The smallest absolute Gasteiger partial charge is 0.0991 e. The lowest BCUT2D eigenvalue weighted by molar-refractivity contribution is 0.0384. The van der Waals surface area contributed by atoms with Crippen molar-refractivity contribution in [3.05, 3.63) is 35.4 Å². The minimum absolute atomic E-state index is 0.725. The normalized spacial score (nSPS) is 16.4. The number of benzene rings is 1. The average Bonchev–Trinajstić information content (AvgIpc) is 2.45. The predicted octanol–water partition coefficient (Wildman–Crippen LogP) is 0.980. The third-order valence-corrected chi connectivity index (χ3v) is 3.09. The molecule has 0 aliphatic carbocycles. The minimum atomic E-state index is 0.725. The molecule has 0 spiro atoms. The number of hydrogen-bond donors (Lipinski definition) is 1. The zero-order valence-electron chi connectivity index (χ0n) is 10.6. The maximum atomic E-state index is 8.81. The molecule has 0 saturated carbocycles. The molecule has 0 amide bonds. The van der Waals surface area contributed by atoms with E-state index in [1.807, 2.05) is 24.3 Å². The van der Waals surface area contributed by atoms with E-state index in [1.165, 1.54) is 0 Å². The summed E-state index contributed by atoms with van der Waals surface area (Å²) in [5.74, 6) is 0. The molecule has 96 valence electrons. The molecule has 1 saturated heterocycles. The third kappa shape index (κ3) is 4.11. The van der Waals surface area contributed by atoms with Crippen LogP contribution in [0.25, 0.3) is 0 Å². The molecule has 4 heteroatoms. The Morgan fingerprint density at radius 2 is 2.17 bits per heavy atom. The molecule has 2 rings (SSSR count). The highest BCUT2D eigenvalue weighted by Gasteiger charge is 2.08. The summed E-state index contributed by atoms with van der Waals surface area (Å²) >= 11 is 0. The molecule has 0 radical (unpaired) electrons. The second-order valence-electron chi connectivity index (χ2n) is 4.44. The summed E-state index contributed by atoms with van der Waals surface area (Å²) in [7, 11) is 0. The van der Waals surface area contributed by atoms with Gasteiger partial charge in [-0.15, -0.1) is 0 Å². The maximum absolute atomic E-state index is 8.81. The highest BCUT2D eigenvalue weighted by molar-refractivity contribution is 5.32. The monoisotopic (exact) mass is 245 g/mol. The van der Waals surface area contributed by atoms with Gasteiger partial charge in [-0.05, 0) is 17.7 Å². The number of morpholine rings is 1. The molecule has 1 aromatic carbocycles. The zero-order chi connectivity index (χ0) is 12.6. The number of rotatable bonds is 5. The van der Waals surface area contributed by atoms with Crippen LogP contribution >= 0.6 is 0 Å². The number of hydrogen-bond acceptors (Lipinski definition) is 4. The number of nitriles is 1. The summed E-state index contributed by atoms with van der Waals surface area (Å²) in [6.07, 6.45) is 0. The van der Waals surface area contributed by atoms with Gasteiger partial charge in [-0.3, -0.25) is 4.90 Å². The molecule has 1 aromatic rings. The van der Waals surface area contributed by atoms with Gasteiger partial charge in [-0.2, -0.15) is 5.26 Å². The van der Waals surface area contributed by atoms with Gasteiger partial charge in [0.2, 0.25) is 0 Å². The maximum Gasteiger partial charge on any atom is 0.0991 e. The first-order valence-corrected chi connectivity index (χ1v) is 6.38. The van der Waals surface area contributed by atoms with E-state index in [9.17, 15) is 0 Å². The van der Waals surface area contributed by atoms with Crippen LogP contribution in [0.2, 0.25) is 0 Å². The second kappa shape index (κ2) is 7.12. The van der Waals surface area contributed by atoms with Crippen molar-refractivity contribution >= 4 is 0 Å². The van der Waals surface area contributed by atoms with Crippen molar-refractivity contribution in [2.75, 3.05) is 39.4 Å². The van der Waals surface area contributed by atoms with Gasteiger partial charge < -0.3 is 10.1 Å². The Morgan fingerprint density at radius 3 is 2.94 bits per heavy atom. The molecule has 0 atom stereocenters. The number of nitrogens with zero attached hydrogens (tertiary/aromatic N) is 2. The van der Waals surface area contributed by atoms with E-state index in [-0.39, 0.29) is 0 Å². The van der Waals surface area contributed by atoms with E-state index >= 15 is 0 Å². The first-order valence-electron chi connectivity index (χ1n) is 6.38. The van der Waals surface area contributed by atoms with Crippen molar-refractivity contribution in [2.45, 2.75) is 6.54 Å². The summed E-state index contributed by atoms with van der Waals surface area (Å²) < 4.78 is 5.31. The van der Waals surface area contributed by atoms with E-state index in [0.717, 1.165) is 57.1 Å². The van der Waals surface area contributed by atoms with Gasteiger partial charge in [0.15, 0.2) is 0 Å². The highest BCUT2D eigenvalue weighted by atomic mass is 16.5. The molecule has 0 unspecified atom stereocenters. The van der Waals surface area contributed by atoms with Gasteiger partial charge in [-0.1, -0.05) is 12.1 Å². The SMILES string of the molecule is N#Cc1cccc(CNCCN2CCOCC2)c1. The Balaban J connectivity index is 1.67. The quantitative estimate of drug-likeness (QED) is 0.786. The lowest BCUT2D eigenvalue weighted by atomic mass is 10.1. The second-order valence-corrected chi connectivity index (χ2v) is 4.44. The van der Waals surface area contributed by atoms with Crippen LogP contribution in [0.3, 0.4) is 0 Å². The first-order chi connectivity index (χ1) is 8.88. The van der Waals surface area contributed by atoms with E-state index in [0.29, 0.717) is 0 Å². The van der Waals surface area contributed by atoms with Gasteiger partial charge >= 0.3 is 0 Å². The minimum Gasteiger partial charge on any atom is -0.379 e. The lowest BCUT2D eigenvalue weighted by Gasteiger charge is -2.26. The third-order valence-electron chi connectivity index (χ3n) is 3.09. The number of ether oxygens (including phenoxy) is 1. The Morgan fingerprint density at radius 1 is 1.33 bits per heavy atom. The molecule has 1 fully saturated rings. The van der Waals surface area contributed by atoms with E-state index in [1.54, 1.807) is 0 Å². The van der Waals surface area contributed by atoms with Crippen molar-refractivity contribution < 1.29 is 4.74 Å². The van der Waals surface area contributed by atoms with Crippen molar-refractivity contribution in [3.63, 3.8) is 0 Å². The van der Waals surface area contributed by atoms with E-state index in [2.05, 4.69) is 16.3 Å². The lowest BCUT2D eigenvalue weighted by Crippen LogP contribution is -2.40. The topological polar surface area (TPSA) is 48.3 Å². The Hall–Kier alpha value is -1.41. The Bertz CT molecular complexity index is 408. The van der Waals surface area contributed by atoms with Crippen LogP contribution in [0, 0.1) is 11.3 Å². The van der Waals surface area contributed by atoms with E-state index in [4.69, 9.17) is 10.00 Å². The molecule has 1 aliphatic rings. The fraction of sp³-hybridized carbons (Fsp3) is 0.500. The molecular weight excluding hydrogens is 226 g/mol. The molecule has 1 N–H and O–H groups in total. The molecule has 4 nitrogen and oxygen atoms in total. The summed E-state index contributed by atoms with van der Waals surface area (Å²) in [6, 6.07) is 9.89. The number of nitrogens with one attached hydrogen (secondary N) is 1. The van der Waals surface area contributed by atoms with Gasteiger partial charge in [0.1, 0.15) is 0 Å². The summed E-state index contributed by atoms with van der Waals surface area (Å²) in [5.41, 5.74) is 1.89. The van der Waals surface area contributed by atoms with Gasteiger partial charge in [0.25, 0.3) is 0 Å². The summed E-state index contributed by atoms with van der Waals surface area (Å²) in [5, 5.41) is 12.2. The van der Waals surface area contributed by atoms with Crippen LogP contribution in [0.5, 0.6) is 0 Å². The van der Waals surface area contributed by atoms with Crippen molar-refractivity contribution in [1.82, 2.24) is 10.2 Å². The van der Waals surface area contributed by atoms with Crippen molar-refractivity contribution in [3.8, 4) is 6.07 Å². The van der Waals surface area contributed by atoms with Gasteiger partial charge in [0.05, 0.1) is 24.8 Å². The molecule has 1 aliphatic heterocycles.